The molecule has 0 radical (unpaired) electrons. The molecule has 1 aliphatic heterocycles. The van der Waals surface area contributed by atoms with Gasteiger partial charge in [-0.2, -0.15) is 0 Å². The second kappa shape index (κ2) is 10.6. The average Bonchev–Trinajstić information content (AvgIpc) is 3.61. The van der Waals surface area contributed by atoms with Gasteiger partial charge in [-0.25, -0.2) is 10.3 Å². The van der Waals surface area contributed by atoms with Crippen molar-refractivity contribution < 1.29 is 19.5 Å². The van der Waals surface area contributed by atoms with Crippen LogP contribution in [0.3, 0.4) is 0 Å². The van der Waals surface area contributed by atoms with Crippen molar-refractivity contribution in [3.8, 4) is 0 Å². The molecule has 1 saturated heterocycles. The molecule has 7 nitrogen and oxygen atoms in total. The molecule has 4 rings (SSSR count). The van der Waals surface area contributed by atoms with E-state index < -0.39 is 6.09 Å². The van der Waals surface area contributed by atoms with E-state index in [4.69, 9.17) is 0 Å². The number of carbonyl (C=O) groups excluding carboxylic acids is 1. The van der Waals surface area contributed by atoms with Crippen LogP contribution in [0, 0.1) is 0 Å². The summed E-state index contributed by atoms with van der Waals surface area (Å²) in [5.74, 6) is 0.0228. The smallest absolute Gasteiger partial charge is 0.407 e. The summed E-state index contributed by atoms with van der Waals surface area (Å²) in [4.78, 5) is 32.2. The lowest BCUT2D eigenvalue weighted by molar-refractivity contribution is -0.126. The van der Waals surface area contributed by atoms with Gasteiger partial charge < -0.3 is 10.0 Å². The van der Waals surface area contributed by atoms with Crippen LogP contribution in [0.2, 0.25) is 0 Å². The van der Waals surface area contributed by atoms with E-state index in [9.17, 15) is 14.7 Å². The zero-order valence-corrected chi connectivity index (χ0v) is 18.9. The zero-order valence-electron chi connectivity index (χ0n) is 18.9. The third-order valence-corrected chi connectivity index (χ3v) is 6.53. The molecule has 2 amide bonds. The minimum absolute atomic E-state index is 0.0863. The SMILES string of the molecule is CONC(=O)C=Cc1ccc(CN2CCC(N(C(=O)O)C3CC3c3ccccc3)CC2)cc1. The van der Waals surface area contributed by atoms with Crippen LogP contribution in [0.15, 0.2) is 60.7 Å². The fraction of sp³-hybridized carbons (Fsp3) is 0.385. The first-order valence-electron chi connectivity index (χ1n) is 11.4. The first-order valence-corrected chi connectivity index (χ1v) is 11.4. The Bertz CT molecular complexity index is 969. The van der Waals surface area contributed by atoms with Crippen molar-refractivity contribution >= 4 is 18.1 Å². The van der Waals surface area contributed by atoms with Crippen molar-refractivity contribution in [2.75, 3.05) is 20.2 Å². The number of nitrogens with zero attached hydrogens (tertiary/aromatic N) is 2. The molecule has 2 N–H and O–H groups in total. The van der Waals surface area contributed by atoms with Gasteiger partial charge in [0.05, 0.1) is 7.11 Å². The van der Waals surface area contributed by atoms with Crippen LogP contribution in [-0.2, 0) is 16.2 Å². The van der Waals surface area contributed by atoms with Crippen molar-refractivity contribution in [1.29, 1.82) is 0 Å². The minimum Gasteiger partial charge on any atom is -0.465 e. The highest BCUT2D eigenvalue weighted by Gasteiger charge is 2.47. The van der Waals surface area contributed by atoms with Crippen LogP contribution in [0.1, 0.15) is 41.9 Å². The minimum atomic E-state index is -0.792. The Kier molecular flexibility index (Phi) is 7.42. The maximum absolute atomic E-state index is 12.1. The summed E-state index contributed by atoms with van der Waals surface area (Å²) >= 11 is 0. The van der Waals surface area contributed by atoms with Crippen LogP contribution >= 0.6 is 0 Å². The molecule has 0 bridgehead atoms. The maximum atomic E-state index is 12.1. The van der Waals surface area contributed by atoms with Crippen molar-refractivity contribution in [3.63, 3.8) is 0 Å². The Balaban J connectivity index is 1.28. The third kappa shape index (κ3) is 6.00. The summed E-state index contributed by atoms with van der Waals surface area (Å²) in [7, 11) is 1.40. The van der Waals surface area contributed by atoms with Gasteiger partial charge in [-0.05, 0) is 42.0 Å². The normalized spacial score (nSPS) is 21.1. The molecular formula is C26H31N3O4. The molecule has 2 aromatic carbocycles. The van der Waals surface area contributed by atoms with Crippen molar-refractivity contribution in [2.45, 2.75) is 43.8 Å². The molecule has 2 aliphatic rings. The first kappa shape index (κ1) is 23.0. The number of benzene rings is 2. The molecule has 1 saturated carbocycles. The van der Waals surface area contributed by atoms with E-state index in [1.165, 1.54) is 24.3 Å². The molecule has 33 heavy (non-hydrogen) atoms. The monoisotopic (exact) mass is 449 g/mol. The number of piperidine rings is 1. The molecular weight excluding hydrogens is 418 g/mol. The first-order chi connectivity index (χ1) is 16.0. The lowest BCUT2D eigenvalue weighted by Crippen LogP contribution is -2.48. The number of amides is 2. The van der Waals surface area contributed by atoms with Crippen molar-refractivity contribution in [3.05, 3.63) is 77.4 Å². The molecule has 2 fully saturated rings. The fourth-order valence-electron chi connectivity index (χ4n) is 4.77. The molecule has 0 spiro atoms. The van der Waals surface area contributed by atoms with Gasteiger partial charge in [-0.3, -0.25) is 14.5 Å². The quantitative estimate of drug-likeness (QED) is 0.472. The summed E-state index contributed by atoms with van der Waals surface area (Å²) in [6.07, 6.45) is 5.02. The highest BCUT2D eigenvalue weighted by molar-refractivity contribution is 5.90. The van der Waals surface area contributed by atoms with E-state index in [1.807, 2.05) is 30.3 Å². The number of hydroxylamine groups is 1. The summed E-state index contributed by atoms with van der Waals surface area (Å²) in [6.45, 7) is 2.61. The Labute approximate surface area is 194 Å². The molecule has 1 heterocycles. The van der Waals surface area contributed by atoms with Crippen LogP contribution in [0.4, 0.5) is 4.79 Å². The number of likely N-dealkylation sites (tertiary alicyclic amines) is 1. The van der Waals surface area contributed by atoms with E-state index in [2.05, 4.69) is 39.5 Å². The zero-order chi connectivity index (χ0) is 23.2. The predicted octanol–water partition coefficient (Wildman–Crippen LogP) is 3.88. The van der Waals surface area contributed by atoms with E-state index in [-0.39, 0.29) is 18.0 Å². The molecule has 1 aliphatic carbocycles. The third-order valence-electron chi connectivity index (χ3n) is 6.53. The average molecular weight is 450 g/mol. The lowest BCUT2D eigenvalue weighted by atomic mass is 10.0. The van der Waals surface area contributed by atoms with Gasteiger partial charge in [0.2, 0.25) is 0 Å². The second-order valence-electron chi connectivity index (χ2n) is 8.76. The highest BCUT2D eigenvalue weighted by atomic mass is 16.6. The Hall–Kier alpha value is -3.16. The summed E-state index contributed by atoms with van der Waals surface area (Å²) in [5, 5.41) is 9.91. The summed E-state index contributed by atoms with van der Waals surface area (Å²) in [6, 6.07) is 18.5. The Morgan fingerprint density at radius 2 is 1.82 bits per heavy atom. The Morgan fingerprint density at radius 3 is 2.45 bits per heavy atom. The molecule has 7 heteroatoms. The van der Waals surface area contributed by atoms with Gasteiger partial charge in [-0.1, -0.05) is 54.6 Å². The van der Waals surface area contributed by atoms with E-state index in [0.717, 1.165) is 44.5 Å². The molecule has 174 valence electrons. The van der Waals surface area contributed by atoms with Gasteiger partial charge in [0.1, 0.15) is 0 Å². The molecule has 2 atom stereocenters. The van der Waals surface area contributed by atoms with E-state index >= 15 is 0 Å². The van der Waals surface area contributed by atoms with Gasteiger partial charge in [-0.15, -0.1) is 0 Å². The summed E-state index contributed by atoms with van der Waals surface area (Å²) < 4.78 is 0. The topological polar surface area (TPSA) is 82.1 Å². The molecule has 0 aromatic heterocycles. The summed E-state index contributed by atoms with van der Waals surface area (Å²) in [5.41, 5.74) is 5.63. The number of nitrogens with one attached hydrogen (secondary N) is 1. The van der Waals surface area contributed by atoms with Crippen LogP contribution < -0.4 is 5.48 Å². The standard InChI is InChI=1S/C26H31N3O4/c1-33-27-25(30)12-11-19-7-9-20(10-8-19)18-28-15-13-22(14-16-28)29(26(31)32)24-17-23(24)21-5-3-2-4-6-21/h2-12,22-24H,13-18H2,1H3,(H,27,30)(H,31,32). The fourth-order valence-corrected chi connectivity index (χ4v) is 4.77. The van der Waals surface area contributed by atoms with Gasteiger partial charge in [0.25, 0.3) is 5.91 Å². The van der Waals surface area contributed by atoms with Crippen molar-refractivity contribution in [2.24, 2.45) is 0 Å². The number of carbonyl (C=O) groups is 2. The van der Waals surface area contributed by atoms with E-state index in [0.29, 0.717) is 5.92 Å². The number of hydrogen-bond donors (Lipinski definition) is 2. The number of rotatable bonds is 8. The van der Waals surface area contributed by atoms with Crippen molar-refractivity contribution in [1.82, 2.24) is 15.3 Å². The van der Waals surface area contributed by atoms with Crippen LogP contribution in [0.5, 0.6) is 0 Å². The highest BCUT2D eigenvalue weighted by Crippen LogP contribution is 2.46. The largest absolute Gasteiger partial charge is 0.465 e. The van der Waals surface area contributed by atoms with Gasteiger partial charge in [0.15, 0.2) is 0 Å². The van der Waals surface area contributed by atoms with Gasteiger partial charge in [0, 0.05) is 43.7 Å². The number of hydrogen-bond acceptors (Lipinski definition) is 4. The Morgan fingerprint density at radius 1 is 1.12 bits per heavy atom. The van der Waals surface area contributed by atoms with Crippen LogP contribution in [0.25, 0.3) is 6.08 Å². The molecule has 2 unspecified atom stereocenters. The lowest BCUT2D eigenvalue weighted by Gasteiger charge is -2.37. The van der Waals surface area contributed by atoms with E-state index in [1.54, 1.807) is 11.0 Å². The predicted molar refractivity (Wildman–Crippen MR) is 126 cm³/mol. The molecule has 2 aromatic rings. The van der Waals surface area contributed by atoms with Gasteiger partial charge >= 0.3 is 6.09 Å². The van der Waals surface area contributed by atoms with Crippen LogP contribution in [-0.4, -0.2) is 59.2 Å². The second-order valence-corrected chi connectivity index (χ2v) is 8.76. The number of carboxylic acid groups (broad SMARTS) is 1. The maximum Gasteiger partial charge on any atom is 0.407 e.